The Morgan fingerprint density at radius 1 is 1.13 bits per heavy atom. The lowest BCUT2D eigenvalue weighted by Gasteiger charge is -2.12. The molecule has 2 N–H and O–H groups in total. The average Bonchev–Trinajstić information content (AvgIpc) is 2.72. The molecule has 1 aromatic heterocycles. The normalized spacial score (nSPS) is 10.8. The third kappa shape index (κ3) is 4.53. The number of hydrogen-bond donors (Lipinski definition) is 2. The molecule has 0 fully saturated rings. The molecule has 0 saturated heterocycles. The third-order valence-corrected chi connectivity index (χ3v) is 4.49. The number of benzene rings is 2. The number of ether oxygens (including phenoxy) is 1. The van der Waals surface area contributed by atoms with Crippen LogP contribution in [-0.2, 0) is 6.42 Å². The van der Waals surface area contributed by atoms with Gasteiger partial charge in [-0.15, -0.1) is 0 Å². The first kappa shape index (κ1) is 21.2. The highest BCUT2D eigenvalue weighted by Gasteiger charge is 2.20. The molecule has 3 rings (SSSR count). The third-order valence-electron chi connectivity index (χ3n) is 4.49. The van der Waals surface area contributed by atoms with Crippen molar-refractivity contribution in [3.05, 3.63) is 81.5 Å². The summed E-state index contributed by atoms with van der Waals surface area (Å²) in [6, 6.07) is 10.5. The van der Waals surface area contributed by atoms with E-state index in [9.17, 15) is 23.5 Å². The number of halogens is 2. The number of unbranched alkanes of at least 4 members (excludes halogenated alkanes) is 1. The Balaban J connectivity index is 2.01. The Morgan fingerprint density at radius 2 is 1.87 bits per heavy atom. The van der Waals surface area contributed by atoms with Gasteiger partial charge < -0.3 is 14.8 Å². The van der Waals surface area contributed by atoms with Gasteiger partial charge in [0.15, 0.2) is 17.3 Å². The van der Waals surface area contributed by atoms with Crippen LogP contribution in [0.3, 0.4) is 0 Å². The van der Waals surface area contributed by atoms with Gasteiger partial charge in [-0.2, -0.15) is 0 Å². The zero-order chi connectivity index (χ0) is 21.7. The molecule has 0 aliphatic carbocycles. The van der Waals surface area contributed by atoms with E-state index in [1.807, 2.05) is 6.92 Å². The van der Waals surface area contributed by atoms with Crippen molar-refractivity contribution in [2.75, 3.05) is 6.61 Å². The summed E-state index contributed by atoms with van der Waals surface area (Å²) in [5.41, 5.74) is -0.174. The zero-order valence-corrected chi connectivity index (χ0v) is 16.2. The van der Waals surface area contributed by atoms with Gasteiger partial charge in [-0.1, -0.05) is 49.7 Å². The van der Waals surface area contributed by atoms with E-state index in [0.717, 1.165) is 12.5 Å². The van der Waals surface area contributed by atoms with E-state index in [1.165, 1.54) is 12.1 Å². The summed E-state index contributed by atoms with van der Waals surface area (Å²) in [7, 11) is 0. The molecule has 0 aliphatic rings. The maximum absolute atomic E-state index is 14.3. The number of carboxylic acid groups (broad SMARTS) is 1. The molecule has 0 amide bonds. The molecule has 1 heterocycles. The average molecular weight is 414 g/mol. The van der Waals surface area contributed by atoms with Gasteiger partial charge >= 0.3 is 5.97 Å². The Morgan fingerprint density at radius 3 is 2.60 bits per heavy atom. The predicted octanol–water partition coefficient (Wildman–Crippen LogP) is 4.18. The summed E-state index contributed by atoms with van der Waals surface area (Å²) in [5, 5.41) is 9.45. The molecule has 0 atom stereocenters. The van der Waals surface area contributed by atoms with E-state index in [2.05, 4.69) is 9.97 Å². The standard InChI is InChI=1S/C22H20F2N2O4/c1-2-3-11-30-20-19(22(28)29)25-17(26-21(20)27)12-13-7-4-5-8-14(13)15-9-6-10-16(23)18(15)24/h4-10H,2-3,11-12H2,1H3,(H,28,29)(H,25,26,27). The first-order valence-electron chi connectivity index (χ1n) is 9.44. The summed E-state index contributed by atoms with van der Waals surface area (Å²) < 4.78 is 33.3. The van der Waals surface area contributed by atoms with Crippen LogP contribution in [0, 0.1) is 11.6 Å². The molecule has 0 radical (unpaired) electrons. The number of nitrogens with zero attached hydrogens (tertiary/aromatic N) is 1. The van der Waals surface area contributed by atoms with Gasteiger partial charge in [-0.05, 0) is 23.6 Å². The van der Waals surface area contributed by atoms with E-state index in [-0.39, 0.29) is 30.2 Å². The van der Waals surface area contributed by atoms with Crippen LogP contribution in [0.2, 0.25) is 0 Å². The van der Waals surface area contributed by atoms with Crippen LogP contribution >= 0.6 is 0 Å². The summed E-state index contributed by atoms with van der Waals surface area (Å²) in [6.07, 6.45) is 1.49. The molecular formula is C22H20F2N2O4. The van der Waals surface area contributed by atoms with Crippen molar-refractivity contribution in [3.8, 4) is 16.9 Å². The minimum absolute atomic E-state index is 0.0108. The van der Waals surface area contributed by atoms with Gasteiger partial charge in [0.25, 0.3) is 5.56 Å². The van der Waals surface area contributed by atoms with Gasteiger partial charge in [0.2, 0.25) is 5.75 Å². The highest BCUT2D eigenvalue weighted by molar-refractivity contribution is 5.88. The monoisotopic (exact) mass is 414 g/mol. The minimum Gasteiger partial charge on any atom is -0.486 e. The summed E-state index contributed by atoms with van der Waals surface area (Å²) in [6.45, 7) is 2.13. The van der Waals surface area contributed by atoms with Gasteiger partial charge in [-0.3, -0.25) is 4.79 Å². The second-order valence-electron chi connectivity index (χ2n) is 6.63. The highest BCUT2D eigenvalue weighted by atomic mass is 19.2. The van der Waals surface area contributed by atoms with Crippen LogP contribution < -0.4 is 10.3 Å². The van der Waals surface area contributed by atoms with Crippen molar-refractivity contribution in [2.24, 2.45) is 0 Å². The van der Waals surface area contributed by atoms with E-state index in [0.29, 0.717) is 17.5 Å². The second-order valence-corrected chi connectivity index (χ2v) is 6.63. The quantitative estimate of drug-likeness (QED) is 0.540. The van der Waals surface area contributed by atoms with E-state index in [1.54, 1.807) is 24.3 Å². The molecule has 6 nitrogen and oxygen atoms in total. The first-order chi connectivity index (χ1) is 14.4. The lowest BCUT2D eigenvalue weighted by atomic mass is 9.97. The summed E-state index contributed by atoms with van der Waals surface area (Å²) in [5.74, 6) is -3.63. The number of rotatable bonds is 8. The molecule has 30 heavy (non-hydrogen) atoms. The van der Waals surface area contributed by atoms with Crippen molar-refractivity contribution < 1.29 is 23.4 Å². The molecule has 0 unspecified atom stereocenters. The van der Waals surface area contributed by atoms with Crippen LogP contribution in [0.15, 0.2) is 47.3 Å². The van der Waals surface area contributed by atoms with Crippen LogP contribution in [0.25, 0.3) is 11.1 Å². The Kier molecular flexibility index (Phi) is 6.56. The van der Waals surface area contributed by atoms with Crippen LogP contribution in [0.5, 0.6) is 5.75 Å². The van der Waals surface area contributed by atoms with Gasteiger partial charge in [0.05, 0.1) is 6.61 Å². The Hall–Kier alpha value is -3.55. The number of nitrogens with one attached hydrogen (secondary N) is 1. The molecule has 3 aromatic rings. The maximum Gasteiger partial charge on any atom is 0.358 e. The predicted molar refractivity (Wildman–Crippen MR) is 107 cm³/mol. The largest absolute Gasteiger partial charge is 0.486 e. The fraction of sp³-hybridized carbons (Fsp3) is 0.227. The van der Waals surface area contributed by atoms with Crippen molar-refractivity contribution in [2.45, 2.75) is 26.2 Å². The first-order valence-corrected chi connectivity index (χ1v) is 9.44. The van der Waals surface area contributed by atoms with E-state index in [4.69, 9.17) is 4.74 Å². The molecular weight excluding hydrogens is 394 g/mol. The fourth-order valence-corrected chi connectivity index (χ4v) is 3.02. The van der Waals surface area contributed by atoms with Crippen molar-refractivity contribution >= 4 is 5.97 Å². The lowest BCUT2D eigenvalue weighted by Crippen LogP contribution is -2.21. The van der Waals surface area contributed by atoms with Crippen molar-refractivity contribution in [1.82, 2.24) is 9.97 Å². The molecule has 0 saturated carbocycles. The number of H-pyrrole nitrogens is 1. The van der Waals surface area contributed by atoms with Gasteiger partial charge in [0.1, 0.15) is 5.82 Å². The Bertz CT molecular complexity index is 1130. The van der Waals surface area contributed by atoms with Crippen LogP contribution in [0.1, 0.15) is 41.6 Å². The molecule has 0 aliphatic heterocycles. The lowest BCUT2D eigenvalue weighted by molar-refractivity contribution is 0.0684. The summed E-state index contributed by atoms with van der Waals surface area (Å²) >= 11 is 0. The number of aromatic nitrogens is 2. The van der Waals surface area contributed by atoms with E-state index >= 15 is 0 Å². The van der Waals surface area contributed by atoms with Gasteiger partial charge in [-0.25, -0.2) is 18.6 Å². The number of hydrogen-bond acceptors (Lipinski definition) is 4. The SMILES string of the molecule is CCCCOc1c(C(=O)O)nc(Cc2ccccc2-c2cccc(F)c2F)[nH]c1=O. The molecule has 156 valence electrons. The minimum atomic E-state index is -1.39. The maximum atomic E-state index is 14.3. The molecule has 0 bridgehead atoms. The van der Waals surface area contributed by atoms with Crippen LogP contribution in [-0.4, -0.2) is 27.7 Å². The number of aromatic carboxylic acids is 1. The summed E-state index contributed by atoms with van der Waals surface area (Å²) in [4.78, 5) is 30.6. The number of aromatic amines is 1. The number of carbonyl (C=O) groups is 1. The van der Waals surface area contributed by atoms with Crippen LogP contribution in [0.4, 0.5) is 8.78 Å². The smallest absolute Gasteiger partial charge is 0.358 e. The Labute approximate surface area is 171 Å². The molecule has 8 heteroatoms. The van der Waals surface area contributed by atoms with E-state index < -0.39 is 28.9 Å². The highest BCUT2D eigenvalue weighted by Crippen LogP contribution is 2.28. The molecule has 0 spiro atoms. The zero-order valence-electron chi connectivity index (χ0n) is 16.2. The number of carboxylic acids is 1. The van der Waals surface area contributed by atoms with Gasteiger partial charge in [0, 0.05) is 12.0 Å². The van der Waals surface area contributed by atoms with Crippen molar-refractivity contribution in [3.63, 3.8) is 0 Å². The van der Waals surface area contributed by atoms with Crippen molar-refractivity contribution in [1.29, 1.82) is 0 Å². The fourth-order valence-electron chi connectivity index (χ4n) is 3.02. The second kappa shape index (κ2) is 9.30. The molecule has 2 aromatic carbocycles. The topological polar surface area (TPSA) is 92.3 Å².